The van der Waals surface area contributed by atoms with E-state index in [1.807, 2.05) is 26.0 Å². The first-order chi connectivity index (χ1) is 7.13. The van der Waals surface area contributed by atoms with Crippen LogP contribution in [0, 0.1) is 20.4 Å². The SMILES string of the molecule is [C-]#[N+]CC(=O)NCc1ccc(C)nc1C. The van der Waals surface area contributed by atoms with Crippen LogP contribution < -0.4 is 5.32 Å². The van der Waals surface area contributed by atoms with Gasteiger partial charge in [-0.1, -0.05) is 6.07 Å². The Balaban J connectivity index is 2.59. The van der Waals surface area contributed by atoms with Crippen LogP contribution in [0.2, 0.25) is 0 Å². The molecule has 1 heterocycles. The molecular formula is C11H13N3O. The molecule has 0 aromatic carbocycles. The zero-order chi connectivity index (χ0) is 11.3. The summed E-state index contributed by atoms with van der Waals surface area (Å²) in [5.41, 5.74) is 2.86. The lowest BCUT2D eigenvalue weighted by Crippen LogP contribution is -2.25. The maximum Gasteiger partial charge on any atom is 0.300 e. The number of aromatic nitrogens is 1. The number of rotatable bonds is 3. The van der Waals surface area contributed by atoms with E-state index in [1.165, 1.54) is 0 Å². The van der Waals surface area contributed by atoms with Crippen LogP contribution in [0.4, 0.5) is 0 Å². The quantitative estimate of drug-likeness (QED) is 0.751. The van der Waals surface area contributed by atoms with Gasteiger partial charge in [-0.2, -0.15) is 0 Å². The Hall–Kier alpha value is -1.89. The fourth-order valence-electron chi connectivity index (χ4n) is 1.22. The summed E-state index contributed by atoms with van der Waals surface area (Å²) in [6.07, 6.45) is 0. The highest BCUT2D eigenvalue weighted by Crippen LogP contribution is 2.05. The van der Waals surface area contributed by atoms with Crippen LogP contribution in [-0.2, 0) is 11.3 Å². The Morgan fingerprint density at radius 2 is 2.27 bits per heavy atom. The monoisotopic (exact) mass is 203 g/mol. The Morgan fingerprint density at radius 3 is 2.87 bits per heavy atom. The molecule has 0 fully saturated rings. The molecule has 0 radical (unpaired) electrons. The van der Waals surface area contributed by atoms with Crippen molar-refractivity contribution >= 4 is 5.91 Å². The number of nitrogens with one attached hydrogen (secondary N) is 1. The fourth-order valence-corrected chi connectivity index (χ4v) is 1.22. The Kier molecular flexibility index (Phi) is 3.81. The zero-order valence-electron chi connectivity index (χ0n) is 8.87. The number of carbonyl (C=O) groups is 1. The molecule has 0 saturated heterocycles. The minimum Gasteiger partial charge on any atom is -0.346 e. The maximum atomic E-state index is 11.0. The average molecular weight is 203 g/mol. The standard InChI is InChI=1S/C11H13N3O/c1-8-4-5-10(9(2)14-8)6-13-11(15)7-12-3/h4-5H,6-7H2,1-2H3,(H,13,15). The number of amides is 1. The van der Waals surface area contributed by atoms with Gasteiger partial charge in [-0.15, -0.1) is 0 Å². The van der Waals surface area contributed by atoms with Crippen molar-refractivity contribution < 1.29 is 4.79 Å². The summed E-state index contributed by atoms with van der Waals surface area (Å²) >= 11 is 0. The van der Waals surface area contributed by atoms with Gasteiger partial charge in [0.05, 0.1) is 0 Å². The van der Waals surface area contributed by atoms with Gasteiger partial charge in [-0.25, -0.2) is 6.57 Å². The maximum absolute atomic E-state index is 11.0. The van der Waals surface area contributed by atoms with Crippen LogP contribution in [0.15, 0.2) is 12.1 Å². The fraction of sp³-hybridized carbons (Fsp3) is 0.364. The molecule has 4 heteroatoms. The van der Waals surface area contributed by atoms with E-state index in [9.17, 15) is 4.79 Å². The van der Waals surface area contributed by atoms with Crippen molar-refractivity contribution in [3.05, 3.63) is 40.5 Å². The van der Waals surface area contributed by atoms with Crippen LogP contribution in [-0.4, -0.2) is 17.4 Å². The zero-order valence-corrected chi connectivity index (χ0v) is 8.87. The highest BCUT2D eigenvalue weighted by Gasteiger charge is 2.05. The molecule has 0 spiro atoms. The van der Waals surface area contributed by atoms with Crippen LogP contribution in [0.25, 0.3) is 4.85 Å². The first kappa shape index (κ1) is 11.2. The number of aryl methyl sites for hydroxylation is 2. The summed E-state index contributed by atoms with van der Waals surface area (Å²) in [7, 11) is 0. The summed E-state index contributed by atoms with van der Waals surface area (Å²) in [6.45, 7) is 10.7. The van der Waals surface area contributed by atoms with Gasteiger partial charge in [0.2, 0.25) is 0 Å². The largest absolute Gasteiger partial charge is 0.346 e. The lowest BCUT2D eigenvalue weighted by molar-refractivity contribution is -0.119. The molecule has 0 atom stereocenters. The van der Waals surface area contributed by atoms with E-state index in [-0.39, 0.29) is 12.5 Å². The van der Waals surface area contributed by atoms with E-state index in [0.717, 1.165) is 17.0 Å². The second-order valence-electron chi connectivity index (χ2n) is 3.29. The van der Waals surface area contributed by atoms with Gasteiger partial charge in [0, 0.05) is 17.9 Å². The van der Waals surface area contributed by atoms with E-state index in [4.69, 9.17) is 6.57 Å². The normalized spacial score (nSPS) is 9.40. The van der Waals surface area contributed by atoms with E-state index in [2.05, 4.69) is 15.1 Å². The van der Waals surface area contributed by atoms with Crippen molar-refractivity contribution in [1.82, 2.24) is 10.3 Å². The van der Waals surface area contributed by atoms with Crippen LogP contribution in [0.1, 0.15) is 17.0 Å². The Labute approximate surface area is 89.2 Å². The molecule has 15 heavy (non-hydrogen) atoms. The summed E-state index contributed by atoms with van der Waals surface area (Å²) in [6, 6.07) is 3.85. The van der Waals surface area contributed by atoms with E-state index < -0.39 is 0 Å². The lowest BCUT2D eigenvalue weighted by Gasteiger charge is -2.05. The number of pyridine rings is 1. The predicted molar refractivity (Wildman–Crippen MR) is 57.0 cm³/mol. The number of nitrogens with zero attached hydrogens (tertiary/aromatic N) is 2. The van der Waals surface area contributed by atoms with Crippen molar-refractivity contribution in [1.29, 1.82) is 0 Å². The summed E-state index contributed by atoms with van der Waals surface area (Å²) < 4.78 is 0. The molecule has 0 aliphatic rings. The van der Waals surface area contributed by atoms with Gasteiger partial charge in [-0.05, 0) is 25.5 Å². The summed E-state index contributed by atoms with van der Waals surface area (Å²) in [4.78, 5) is 18.3. The van der Waals surface area contributed by atoms with Crippen molar-refractivity contribution in [3.63, 3.8) is 0 Å². The summed E-state index contributed by atoms with van der Waals surface area (Å²) in [5, 5.41) is 2.67. The molecule has 0 bridgehead atoms. The van der Waals surface area contributed by atoms with Gasteiger partial charge in [0.15, 0.2) is 0 Å². The van der Waals surface area contributed by atoms with Gasteiger partial charge >= 0.3 is 0 Å². The first-order valence-electron chi connectivity index (χ1n) is 4.66. The first-order valence-corrected chi connectivity index (χ1v) is 4.66. The van der Waals surface area contributed by atoms with E-state index in [0.29, 0.717) is 6.54 Å². The molecule has 1 amide bonds. The lowest BCUT2D eigenvalue weighted by atomic mass is 10.2. The molecule has 0 aliphatic carbocycles. The Morgan fingerprint density at radius 1 is 1.53 bits per heavy atom. The van der Waals surface area contributed by atoms with Crippen molar-refractivity contribution in [2.24, 2.45) is 0 Å². The molecule has 4 nitrogen and oxygen atoms in total. The molecule has 1 rings (SSSR count). The van der Waals surface area contributed by atoms with Crippen LogP contribution in [0.5, 0.6) is 0 Å². The highest BCUT2D eigenvalue weighted by molar-refractivity contribution is 5.79. The number of carbonyl (C=O) groups excluding carboxylic acids is 1. The summed E-state index contributed by atoms with van der Waals surface area (Å²) in [5.74, 6) is -0.245. The molecule has 1 aromatic heterocycles. The second-order valence-corrected chi connectivity index (χ2v) is 3.29. The van der Waals surface area contributed by atoms with Crippen molar-refractivity contribution in [2.75, 3.05) is 6.54 Å². The van der Waals surface area contributed by atoms with Gasteiger partial charge in [-0.3, -0.25) is 9.78 Å². The molecule has 78 valence electrons. The Bertz CT molecular complexity index is 407. The molecule has 0 unspecified atom stereocenters. The van der Waals surface area contributed by atoms with Gasteiger partial charge in [0.1, 0.15) is 0 Å². The van der Waals surface area contributed by atoms with E-state index >= 15 is 0 Å². The second kappa shape index (κ2) is 5.11. The molecule has 1 N–H and O–H groups in total. The average Bonchev–Trinajstić information content (AvgIpc) is 2.17. The third-order valence-electron chi connectivity index (χ3n) is 2.03. The molecule has 1 aromatic rings. The molecule has 0 saturated carbocycles. The number of hydrogen-bond donors (Lipinski definition) is 1. The molecule has 0 aliphatic heterocycles. The molecular weight excluding hydrogens is 190 g/mol. The van der Waals surface area contributed by atoms with Crippen LogP contribution in [0.3, 0.4) is 0 Å². The van der Waals surface area contributed by atoms with Gasteiger partial charge < -0.3 is 10.2 Å². The smallest absolute Gasteiger partial charge is 0.300 e. The van der Waals surface area contributed by atoms with Crippen LogP contribution >= 0.6 is 0 Å². The van der Waals surface area contributed by atoms with Gasteiger partial charge in [0.25, 0.3) is 12.5 Å². The van der Waals surface area contributed by atoms with Crippen molar-refractivity contribution in [3.8, 4) is 0 Å². The van der Waals surface area contributed by atoms with E-state index in [1.54, 1.807) is 0 Å². The highest BCUT2D eigenvalue weighted by atomic mass is 16.1. The van der Waals surface area contributed by atoms with Crippen molar-refractivity contribution in [2.45, 2.75) is 20.4 Å². The third-order valence-corrected chi connectivity index (χ3v) is 2.03. The number of hydrogen-bond acceptors (Lipinski definition) is 2. The minimum absolute atomic E-state index is 0.113. The third kappa shape index (κ3) is 3.39. The predicted octanol–water partition coefficient (Wildman–Crippen LogP) is 1.23. The minimum atomic E-state index is -0.245. The topological polar surface area (TPSA) is 46.4 Å².